The van der Waals surface area contributed by atoms with Gasteiger partial charge in [-0.1, -0.05) is 41.4 Å². The summed E-state index contributed by atoms with van der Waals surface area (Å²) in [5, 5.41) is 3.32. The van der Waals surface area contributed by atoms with E-state index in [9.17, 15) is 4.79 Å². The van der Waals surface area contributed by atoms with Gasteiger partial charge < -0.3 is 14.8 Å². The maximum absolute atomic E-state index is 11.8. The van der Waals surface area contributed by atoms with Crippen LogP contribution < -0.4 is 14.8 Å². The molecule has 0 unspecified atom stereocenters. The summed E-state index contributed by atoms with van der Waals surface area (Å²) in [4.78, 5) is 11.8. The number of para-hydroxylation sites is 1. The second kappa shape index (κ2) is 8.44. The molecule has 0 fully saturated rings. The molecule has 23 heavy (non-hydrogen) atoms. The summed E-state index contributed by atoms with van der Waals surface area (Å²) in [5.41, 5.74) is 2.23. The number of aryl methyl sites for hydroxylation is 1. The van der Waals surface area contributed by atoms with E-state index in [0.29, 0.717) is 23.7 Å². The van der Waals surface area contributed by atoms with Crippen molar-refractivity contribution in [1.82, 2.24) is 5.32 Å². The van der Waals surface area contributed by atoms with Gasteiger partial charge in [-0.25, -0.2) is 0 Å². The first-order valence-corrected chi connectivity index (χ1v) is 7.75. The number of hydrogen-bond donors (Lipinski definition) is 1. The van der Waals surface area contributed by atoms with Crippen molar-refractivity contribution in [3.05, 3.63) is 58.6 Å². The van der Waals surface area contributed by atoms with Crippen molar-refractivity contribution in [3.63, 3.8) is 0 Å². The summed E-state index contributed by atoms with van der Waals surface area (Å²) in [7, 11) is 1.64. The molecule has 2 aromatic carbocycles. The number of amides is 1. The zero-order valence-electron chi connectivity index (χ0n) is 13.3. The summed E-state index contributed by atoms with van der Waals surface area (Å²) in [6, 6.07) is 13.1. The molecule has 0 radical (unpaired) electrons. The first-order valence-electron chi connectivity index (χ1n) is 7.37. The Morgan fingerprint density at radius 2 is 1.96 bits per heavy atom. The SMILES string of the molecule is COc1ccc(C)cc1CCNC(=O)COc1ccccc1Cl. The van der Waals surface area contributed by atoms with Gasteiger partial charge in [-0.2, -0.15) is 0 Å². The number of hydrogen-bond acceptors (Lipinski definition) is 3. The van der Waals surface area contributed by atoms with E-state index in [2.05, 4.69) is 11.4 Å². The highest BCUT2D eigenvalue weighted by atomic mass is 35.5. The third-order valence-corrected chi connectivity index (χ3v) is 3.66. The molecule has 2 aromatic rings. The minimum atomic E-state index is -0.184. The molecule has 4 nitrogen and oxygen atoms in total. The zero-order chi connectivity index (χ0) is 16.7. The normalized spacial score (nSPS) is 10.2. The van der Waals surface area contributed by atoms with Gasteiger partial charge in [0.05, 0.1) is 12.1 Å². The van der Waals surface area contributed by atoms with Crippen LogP contribution in [0.4, 0.5) is 0 Å². The summed E-state index contributed by atoms with van der Waals surface area (Å²) >= 11 is 5.97. The number of methoxy groups -OCH3 is 1. The minimum absolute atomic E-state index is 0.0608. The number of halogens is 1. The molecule has 2 rings (SSSR count). The van der Waals surface area contributed by atoms with Gasteiger partial charge in [-0.05, 0) is 37.1 Å². The minimum Gasteiger partial charge on any atom is -0.496 e. The van der Waals surface area contributed by atoms with Crippen molar-refractivity contribution < 1.29 is 14.3 Å². The molecule has 0 heterocycles. The number of carbonyl (C=O) groups is 1. The van der Waals surface area contributed by atoms with Gasteiger partial charge in [0.25, 0.3) is 5.91 Å². The van der Waals surface area contributed by atoms with Crippen LogP contribution in [0.25, 0.3) is 0 Å². The van der Waals surface area contributed by atoms with Gasteiger partial charge in [-0.3, -0.25) is 4.79 Å². The molecule has 1 N–H and O–H groups in total. The topological polar surface area (TPSA) is 47.6 Å². The van der Waals surface area contributed by atoms with Crippen LogP contribution in [0.1, 0.15) is 11.1 Å². The Balaban J connectivity index is 1.79. The molecule has 0 atom stereocenters. The summed E-state index contributed by atoms with van der Waals surface area (Å²) in [5.74, 6) is 1.15. The number of carbonyl (C=O) groups excluding carboxylic acids is 1. The lowest BCUT2D eigenvalue weighted by molar-refractivity contribution is -0.123. The van der Waals surface area contributed by atoms with Gasteiger partial charge in [0.1, 0.15) is 11.5 Å². The highest BCUT2D eigenvalue weighted by molar-refractivity contribution is 6.32. The molecule has 0 aromatic heterocycles. The second-order valence-electron chi connectivity index (χ2n) is 5.13. The Kier molecular flexibility index (Phi) is 6.29. The van der Waals surface area contributed by atoms with Gasteiger partial charge in [0, 0.05) is 6.54 Å². The maximum atomic E-state index is 11.8. The third-order valence-electron chi connectivity index (χ3n) is 3.35. The standard InChI is InChI=1S/C18H20ClNO3/c1-13-7-8-16(22-2)14(11-13)9-10-20-18(21)12-23-17-6-4-3-5-15(17)19/h3-8,11H,9-10,12H2,1-2H3,(H,20,21). The molecular formula is C18H20ClNO3. The Morgan fingerprint density at radius 3 is 2.70 bits per heavy atom. The lowest BCUT2D eigenvalue weighted by Crippen LogP contribution is -2.30. The average molecular weight is 334 g/mol. The Hall–Kier alpha value is -2.20. The summed E-state index contributed by atoms with van der Waals surface area (Å²) in [6.07, 6.45) is 0.697. The second-order valence-corrected chi connectivity index (χ2v) is 5.54. The van der Waals surface area contributed by atoms with Gasteiger partial charge in [0.2, 0.25) is 0 Å². The number of rotatable bonds is 7. The maximum Gasteiger partial charge on any atom is 0.257 e. The zero-order valence-corrected chi connectivity index (χ0v) is 14.0. The van der Waals surface area contributed by atoms with Crippen LogP contribution in [0.3, 0.4) is 0 Å². The first-order chi connectivity index (χ1) is 11.1. The van der Waals surface area contributed by atoms with E-state index in [0.717, 1.165) is 16.9 Å². The average Bonchev–Trinajstić information content (AvgIpc) is 2.54. The monoisotopic (exact) mass is 333 g/mol. The molecule has 0 saturated heterocycles. The molecule has 1 amide bonds. The van der Waals surface area contributed by atoms with E-state index in [1.54, 1.807) is 19.2 Å². The van der Waals surface area contributed by atoms with E-state index in [4.69, 9.17) is 21.1 Å². The summed E-state index contributed by atoms with van der Waals surface area (Å²) in [6.45, 7) is 2.48. The Bertz CT molecular complexity index is 673. The highest BCUT2D eigenvalue weighted by Crippen LogP contribution is 2.23. The molecule has 0 aliphatic heterocycles. The fraction of sp³-hybridized carbons (Fsp3) is 0.278. The van der Waals surface area contributed by atoms with E-state index in [1.165, 1.54) is 0 Å². The Morgan fingerprint density at radius 1 is 1.17 bits per heavy atom. The fourth-order valence-corrected chi connectivity index (χ4v) is 2.39. The van der Waals surface area contributed by atoms with Crippen LogP contribution in [0.2, 0.25) is 5.02 Å². The number of nitrogens with one attached hydrogen (secondary N) is 1. The fourth-order valence-electron chi connectivity index (χ4n) is 2.20. The smallest absolute Gasteiger partial charge is 0.257 e. The lowest BCUT2D eigenvalue weighted by atomic mass is 10.1. The van der Waals surface area contributed by atoms with E-state index < -0.39 is 0 Å². The van der Waals surface area contributed by atoms with E-state index >= 15 is 0 Å². The van der Waals surface area contributed by atoms with Crippen LogP contribution in [0.15, 0.2) is 42.5 Å². The molecule has 0 bridgehead atoms. The van der Waals surface area contributed by atoms with Crippen molar-refractivity contribution in [3.8, 4) is 11.5 Å². The van der Waals surface area contributed by atoms with Crippen molar-refractivity contribution in [1.29, 1.82) is 0 Å². The third kappa shape index (κ3) is 5.18. The molecular weight excluding hydrogens is 314 g/mol. The predicted octanol–water partition coefficient (Wildman–Crippen LogP) is 3.39. The molecule has 0 aliphatic rings. The number of ether oxygens (including phenoxy) is 2. The largest absolute Gasteiger partial charge is 0.496 e. The van der Waals surface area contributed by atoms with Gasteiger partial charge in [0.15, 0.2) is 6.61 Å². The van der Waals surface area contributed by atoms with Gasteiger partial charge in [-0.15, -0.1) is 0 Å². The van der Waals surface area contributed by atoms with Gasteiger partial charge >= 0.3 is 0 Å². The predicted molar refractivity (Wildman–Crippen MR) is 91.4 cm³/mol. The lowest BCUT2D eigenvalue weighted by Gasteiger charge is -2.11. The number of benzene rings is 2. The first kappa shape index (κ1) is 17.2. The van der Waals surface area contributed by atoms with Crippen LogP contribution in [-0.2, 0) is 11.2 Å². The highest BCUT2D eigenvalue weighted by Gasteiger charge is 2.07. The van der Waals surface area contributed by atoms with Crippen LogP contribution in [0, 0.1) is 6.92 Å². The molecule has 0 spiro atoms. The van der Waals surface area contributed by atoms with Crippen molar-refractivity contribution in [2.75, 3.05) is 20.3 Å². The molecule has 122 valence electrons. The van der Waals surface area contributed by atoms with Crippen molar-refractivity contribution in [2.24, 2.45) is 0 Å². The Labute approximate surface area is 141 Å². The molecule has 0 saturated carbocycles. The van der Waals surface area contributed by atoms with Crippen LogP contribution in [-0.4, -0.2) is 26.2 Å². The molecule has 5 heteroatoms. The quantitative estimate of drug-likeness (QED) is 0.844. The molecule has 0 aliphatic carbocycles. The van der Waals surface area contributed by atoms with E-state index in [-0.39, 0.29) is 12.5 Å². The summed E-state index contributed by atoms with van der Waals surface area (Å²) < 4.78 is 10.7. The van der Waals surface area contributed by atoms with Crippen LogP contribution in [0.5, 0.6) is 11.5 Å². The van der Waals surface area contributed by atoms with Crippen molar-refractivity contribution >= 4 is 17.5 Å². The van der Waals surface area contributed by atoms with Crippen molar-refractivity contribution in [2.45, 2.75) is 13.3 Å². The van der Waals surface area contributed by atoms with Crippen LogP contribution >= 0.6 is 11.6 Å². The van der Waals surface area contributed by atoms with E-state index in [1.807, 2.05) is 31.2 Å².